The van der Waals surface area contributed by atoms with Gasteiger partial charge in [0.15, 0.2) is 5.82 Å². The number of anilines is 1. The summed E-state index contributed by atoms with van der Waals surface area (Å²) in [7, 11) is 0. The van der Waals surface area contributed by atoms with Crippen LogP contribution in [0.4, 0.5) is 10.1 Å². The maximum Gasteiger partial charge on any atom is 0.234 e. The lowest BCUT2D eigenvalue weighted by molar-refractivity contribution is -0.113. The molecule has 0 unspecified atom stereocenters. The molecular formula is C16H15ClFNOS. The molecule has 110 valence electrons. The summed E-state index contributed by atoms with van der Waals surface area (Å²) in [6.07, 6.45) is 0. The molecule has 21 heavy (non-hydrogen) atoms. The van der Waals surface area contributed by atoms with Crippen LogP contribution in [0.25, 0.3) is 0 Å². The maximum atomic E-state index is 13.6. The highest BCUT2D eigenvalue weighted by Crippen LogP contribution is 2.22. The van der Waals surface area contributed by atoms with E-state index in [0.29, 0.717) is 0 Å². The highest BCUT2D eigenvalue weighted by molar-refractivity contribution is 7.99. The largest absolute Gasteiger partial charge is 0.323 e. The van der Waals surface area contributed by atoms with E-state index in [1.165, 1.54) is 35.0 Å². The fraction of sp³-hybridized carbons (Fsp3) is 0.188. The number of thioether (sulfide) groups is 1. The van der Waals surface area contributed by atoms with Gasteiger partial charge in [-0.05, 0) is 24.6 Å². The summed E-state index contributed by atoms with van der Waals surface area (Å²) in [5, 5.41) is 2.53. The van der Waals surface area contributed by atoms with Crippen LogP contribution in [0.15, 0.2) is 42.5 Å². The third-order valence-corrected chi connectivity index (χ3v) is 4.11. The molecule has 0 heterocycles. The van der Waals surface area contributed by atoms with Gasteiger partial charge >= 0.3 is 0 Å². The number of amides is 1. The summed E-state index contributed by atoms with van der Waals surface area (Å²) in [6, 6.07) is 12.7. The van der Waals surface area contributed by atoms with Gasteiger partial charge in [-0.15, -0.1) is 11.8 Å². The third kappa shape index (κ3) is 4.76. The quantitative estimate of drug-likeness (QED) is 0.867. The molecule has 0 aliphatic carbocycles. The predicted octanol–water partition coefficient (Wildman–Crippen LogP) is 4.66. The highest BCUT2D eigenvalue weighted by atomic mass is 35.5. The summed E-state index contributed by atoms with van der Waals surface area (Å²) in [5.41, 5.74) is 2.48. The van der Waals surface area contributed by atoms with Gasteiger partial charge in [-0.2, -0.15) is 0 Å². The Morgan fingerprint density at radius 1 is 1.29 bits per heavy atom. The van der Waals surface area contributed by atoms with E-state index in [-0.39, 0.29) is 22.4 Å². The first kappa shape index (κ1) is 15.9. The van der Waals surface area contributed by atoms with Crippen LogP contribution >= 0.6 is 23.4 Å². The molecule has 0 saturated heterocycles. The fourth-order valence-corrected chi connectivity index (χ4v) is 2.80. The van der Waals surface area contributed by atoms with Gasteiger partial charge in [0.25, 0.3) is 0 Å². The Hall–Kier alpha value is -1.52. The second-order valence-corrected chi connectivity index (χ2v) is 6.02. The number of nitrogens with one attached hydrogen (secondary N) is 1. The summed E-state index contributed by atoms with van der Waals surface area (Å²) >= 11 is 7.15. The van der Waals surface area contributed by atoms with Crippen molar-refractivity contribution in [2.24, 2.45) is 0 Å². The van der Waals surface area contributed by atoms with Crippen molar-refractivity contribution < 1.29 is 9.18 Å². The Kier molecular flexibility index (Phi) is 5.65. The van der Waals surface area contributed by atoms with Crippen LogP contribution < -0.4 is 5.32 Å². The smallest absolute Gasteiger partial charge is 0.234 e. The van der Waals surface area contributed by atoms with Gasteiger partial charge in [-0.1, -0.05) is 47.5 Å². The number of aryl methyl sites for hydroxylation is 1. The van der Waals surface area contributed by atoms with E-state index in [2.05, 4.69) is 11.4 Å². The van der Waals surface area contributed by atoms with Gasteiger partial charge in [0.1, 0.15) is 0 Å². The van der Waals surface area contributed by atoms with Crippen molar-refractivity contribution in [3.05, 3.63) is 64.4 Å². The van der Waals surface area contributed by atoms with E-state index < -0.39 is 5.82 Å². The SMILES string of the molecule is Cc1cccc(CSCC(=O)Nc2cccc(Cl)c2F)c1. The standard InChI is InChI=1S/C16H15ClFNOS/c1-11-4-2-5-12(8-11)9-21-10-15(20)19-14-7-3-6-13(17)16(14)18/h2-8H,9-10H2,1H3,(H,19,20). The summed E-state index contributed by atoms with van der Waals surface area (Å²) in [5.74, 6) is 0.164. The second kappa shape index (κ2) is 7.48. The maximum absolute atomic E-state index is 13.6. The molecule has 5 heteroatoms. The van der Waals surface area contributed by atoms with Crippen LogP contribution in [0.1, 0.15) is 11.1 Å². The number of hydrogen-bond acceptors (Lipinski definition) is 2. The molecule has 0 aliphatic rings. The Labute approximate surface area is 132 Å². The predicted molar refractivity (Wildman–Crippen MR) is 87.4 cm³/mol. The molecule has 0 radical (unpaired) electrons. The van der Waals surface area contributed by atoms with Crippen molar-refractivity contribution in [2.75, 3.05) is 11.1 Å². The molecule has 0 atom stereocenters. The fourth-order valence-electron chi connectivity index (χ4n) is 1.85. The molecule has 2 aromatic carbocycles. The number of rotatable bonds is 5. The second-order valence-electron chi connectivity index (χ2n) is 4.63. The number of carbonyl (C=O) groups is 1. The molecular weight excluding hydrogens is 309 g/mol. The Morgan fingerprint density at radius 3 is 2.81 bits per heavy atom. The van der Waals surface area contributed by atoms with E-state index in [1.807, 2.05) is 25.1 Å². The number of carbonyl (C=O) groups excluding carboxylic acids is 1. The van der Waals surface area contributed by atoms with E-state index in [1.54, 1.807) is 6.07 Å². The van der Waals surface area contributed by atoms with Crippen LogP contribution in [0.3, 0.4) is 0 Å². The van der Waals surface area contributed by atoms with Crippen molar-refractivity contribution >= 4 is 35.0 Å². The van der Waals surface area contributed by atoms with Crippen molar-refractivity contribution in [1.29, 1.82) is 0 Å². The molecule has 2 aromatic rings. The molecule has 0 aliphatic heterocycles. The monoisotopic (exact) mass is 323 g/mol. The molecule has 1 amide bonds. The van der Waals surface area contributed by atoms with Crippen molar-refractivity contribution in [2.45, 2.75) is 12.7 Å². The Balaban J connectivity index is 1.84. The number of halogens is 2. The van der Waals surface area contributed by atoms with Gasteiger partial charge in [0, 0.05) is 5.75 Å². The molecule has 2 rings (SSSR count). The topological polar surface area (TPSA) is 29.1 Å². The molecule has 0 bridgehead atoms. The summed E-state index contributed by atoms with van der Waals surface area (Å²) < 4.78 is 13.6. The lowest BCUT2D eigenvalue weighted by Gasteiger charge is -2.07. The summed E-state index contributed by atoms with van der Waals surface area (Å²) in [4.78, 5) is 11.8. The third-order valence-electron chi connectivity index (χ3n) is 2.81. The molecule has 0 aromatic heterocycles. The van der Waals surface area contributed by atoms with Gasteiger partial charge in [-0.25, -0.2) is 4.39 Å². The minimum Gasteiger partial charge on any atom is -0.323 e. The minimum atomic E-state index is -0.601. The highest BCUT2D eigenvalue weighted by Gasteiger charge is 2.09. The Bertz CT molecular complexity index is 648. The van der Waals surface area contributed by atoms with Crippen LogP contribution in [-0.4, -0.2) is 11.7 Å². The zero-order valence-electron chi connectivity index (χ0n) is 11.5. The van der Waals surface area contributed by atoms with Crippen LogP contribution in [0, 0.1) is 12.7 Å². The summed E-state index contributed by atoms with van der Waals surface area (Å²) in [6.45, 7) is 2.03. The van der Waals surface area contributed by atoms with Crippen LogP contribution in [0.5, 0.6) is 0 Å². The van der Waals surface area contributed by atoms with E-state index in [4.69, 9.17) is 11.6 Å². The van der Waals surface area contributed by atoms with Crippen molar-refractivity contribution in [3.63, 3.8) is 0 Å². The Morgan fingerprint density at radius 2 is 2.05 bits per heavy atom. The number of benzene rings is 2. The molecule has 0 saturated carbocycles. The molecule has 1 N–H and O–H groups in total. The van der Waals surface area contributed by atoms with Crippen molar-refractivity contribution in [1.82, 2.24) is 0 Å². The van der Waals surface area contributed by atoms with Crippen LogP contribution in [0.2, 0.25) is 5.02 Å². The first-order valence-electron chi connectivity index (χ1n) is 6.43. The average molecular weight is 324 g/mol. The van der Waals surface area contributed by atoms with E-state index in [0.717, 1.165) is 5.75 Å². The molecule has 2 nitrogen and oxygen atoms in total. The van der Waals surface area contributed by atoms with E-state index >= 15 is 0 Å². The zero-order chi connectivity index (χ0) is 15.2. The molecule has 0 spiro atoms. The first-order chi connectivity index (χ1) is 10.1. The van der Waals surface area contributed by atoms with Gasteiger partial charge in [0.2, 0.25) is 5.91 Å². The van der Waals surface area contributed by atoms with Gasteiger partial charge < -0.3 is 5.32 Å². The van der Waals surface area contributed by atoms with Gasteiger partial charge in [0.05, 0.1) is 16.5 Å². The lowest BCUT2D eigenvalue weighted by Crippen LogP contribution is -2.15. The molecule has 0 fully saturated rings. The normalized spacial score (nSPS) is 10.4. The average Bonchev–Trinajstić information content (AvgIpc) is 2.44. The first-order valence-corrected chi connectivity index (χ1v) is 7.96. The number of hydrogen-bond donors (Lipinski definition) is 1. The van der Waals surface area contributed by atoms with Crippen LogP contribution in [-0.2, 0) is 10.5 Å². The minimum absolute atomic E-state index is 0.000198. The van der Waals surface area contributed by atoms with E-state index in [9.17, 15) is 9.18 Å². The van der Waals surface area contributed by atoms with Gasteiger partial charge in [-0.3, -0.25) is 4.79 Å². The lowest BCUT2D eigenvalue weighted by atomic mass is 10.2. The van der Waals surface area contributed by atoms with Crippen molar-refractivity contribution in [3.8, 4) is 0 Å². The zero-order valence-corrected chi connectivity index (χ0v) is 13.1.